The predicted molar refractivity (Wildman–Crippen MR) is 198 cm³/mol. The molecule has 2 atom stereocenters. The number of hydrogen-bond acceptors (Lipinski definition) is 2. The Bertz CT molecular complexity index is 1570. The molecule has 3 heterocycles. The number of ether oxygens (including phenoxy) is 2. The maximum absolute atomic E-state index is 7.51. The Kier molecular flexibility index (Phi) is 9.40. The van der Waals surface area contributed by atoms with Gasteiger partial charge in [0, 0.05) is 12.8 Å². The molecule has 0 saturated carbocycles. The molecular weight excluding hydrogens is 666 g/mol. The van der Waals surface area contributed by atoms with Crippen LogP contribution in [0.25, 0.3) is 0 Å². The molecule has 3 saturated heterocycles. The van der Waals surface area contributed by atoms with Crippen molar-refractivity contribution in [2.75, 3.05) is 26.2 Å². The monoisotopic (exact) mass is 721 g/mol. The summed E-state index contributed by atoms with van der Waals surface area (Å²) in [6, 6.07) is 29.0. The van der Waals surface area contributed by atoms with Gasteiger partial charge in [-0.3, -0.25) is 0 Å². The number of fused-ring (bicyclic) bond motifs is 1. The minimum atomic E-state index is -0.755. The van der Waals surface area contributed by atoms with Crippen LogP contribution in [0.4, 0.5) is 0 Å². The second-order valence-corrected chi connectivity index (χ2v) is 16.7. The highest BCUT2D eigenvalue weighted by atomic mass is 79.9. The van der Waals surface area contributed by atoms with Crippen LogP contribution in [0.15, 0.2) is 72.8 Å². The zero-order valence-electron chi connectivity index (χ0n) is 31.5. The molecule has 0 aromatic heterocycles. The van der Waals surface area contributed by atoms with E-state index in [0.717, 1.165) is 30.7 Å². The van der Waals surface area contributed by atoms with Gasteiger partial charge in [-0.25, -0.2) is 0 Å². The maximum atomic E-state index is 7.51. The number of halogens is 1. The van der Waals surface area contributed by atoms with Crippen LogP contribution in [0.5, 0.6) is 0 Å². The SMILES string of the molecule is Cc1cc(C)cc(C2(c3cc(C)cc(C)c3)C[N+]3(CCCC3)CC(c3cc(C)cc(C)c3)(c3cc(C)cc(C)c3)[C@@H]3OC(C)(C)O[C@H]32)c1.[Br-]. The fraction of sp³-hybridized carbons (Fsp3) is 0.467. The average Bonchev–Trinajstić information content (AvgIpc) is 3.53. The van der Waals surface area contributed by atoms with E-state index in [1.54, 1.807) is 0 Å². The summed E-state index contributed by atoms with van der Waals surface area (Å²) in [6.45, 7) is 26.6. The summed E-state index contributed by atoms with van der Waals surface area (Å²) in [6.07, 6.45) is 2.03. The van der Waals surface area contributed by atoms with Crippen LogP contribution in [0.1, 0.15) is 93.5 Å². The van der Waals surface area contributed by atoms with Crippen molar-refractivity contribution < 1.29 is 30.9 Å². The lowest BCUT2D eigenvalue weighted by atomic mass is 9.62. The van der Waals surface area contributed by atoms with Crippen molar-refractivity contribution in [3.8, 4) is 0 Å². The zero-order chi connectivity index (χ0) is 34.2. The van der Waals surface area contributed by atoms with Crippen molar-refractivity contribution in [1.82, 2.24) is 0 Å². The fourth-order valence-electron chi connectivity index (χ4n) is 10.4. The first-order valence-electron chi connectivity index (χ1n) is 18.2. The first kappa shape index (κ1) is 36.0. The minimum absolute atomic E-state index is 0. The lowest BCUT2D eigenvalue weighted by Gasteiger charge is -2.46. The van der Waals surface area contributed by atoms with Gasteiger partial charge in [0.15, 0.2) is 5.79 Å². The number of aryl methyl sites for hydroxylation is 8. The molecule has 3 aliphatic rings. The summed E-state index contributed by atoms with van der Waals surface area (Å²) >= 11 is 0. The number of quaternary nitrogens is 1. The Hall–Kier alpha value is -2.76. The van der Waals surface area contributed by atoms with E-state index < -0.39 is 16.6 Å². The van der Waals surface area contributed by atoms with Gasteiger partial charge in [0.05, 0.1) is 37.0 Å². The molecule has 4 heteroatoms. The fourth-order valence-corrected chi connectivity index (χ4v) is 10.4. The first-order chi connectivity index (χ1) is 22.6. The summed E-state index contributed by atoms with van der Waals surface area (Å²) in [7, 11) is 0. The van der Waals surface area contributed by atoms with Crippen LogP contribution >= 0.6 is 0 Å². The van der Waals surface area contributed by atoms with Crippen LogP contribution in [0.2, 0.25) is 0 Å². The smallest absolute Gasteiger partial charge is 0.163 e. The quantitative estimate of drug-likeness (QED) is 0.222. The predicted octanol–water partition coefficient (Wildman–Crippen LogP) is 6.57. The van der Waals surface area contributed by atoms with E-state index in [4.69, 9.17) is 9.47 Å². The van der Waals surface area contributed by atoms with E-state index in [2.05, 4.69) is 142 Å². The van der Waals surface area contributed by atoms with Crippen LogP contribution in [0, 0.1) is 55.4 Å². The van der Waals surface area contributed by atoms with Crippen molar-refractivity contribution in [3.63, 3.8) is 0 Å². The van der Waals surface area contributed by atoms with Crippen molar-refractivity contribution in [2.24, 2.45) is 0 Å². The molecule has 4 aromatic carbocycles. The van der Waals surface area contributed by atoms with Gasteiger partial charge in [0.1, 0.15) is 12.2 Å². The van der Waals surface area contributed by atoms with Gasteiger partial charge < -0.3 is 30.9 Å². The summed E-state index contributed by atoms with van der Waals surface area (Å²) < 4.78 is 16.1. The largest absolute Gasteiger partial charge is 1.00 e. The van der Waals surface area contributed by atoms with E-state index in [9.17, 15) is 0 Å². The van der Waals surface area contributed by atoms with Crippen molar-refractivity contribution in [1.29, 1.82) is 0 Å². The molecule has 0 unspecified atom stereocenters. The maximum Gasteiger partial charge on any atom is 0.163 e. The lowest BCUT2D eigenvalue weighted by Crippen LogP contribution is -3.00. The Morgan fingerprint density at radius 3 is 0.939 bits per heavy atom. The molecule has 49 heavy (non-hydrogen) atoms. The van der Waals surface area contributed by atoms with E-state index in [-0.39, 0.29) is 29.2 Å². The van der Waals surface area contributed by atoms with Crippen molar-refractivity contribution in [2.45, 2.75) is 111 Å². The second-order valence-electron chi connectivity index (χ2n) is 16.7. The van der Waals surface area contributed by atoms with Gasteiger partial charge in [-0.15, -0.1) is 0 Å². The lowest BCUT2D eigenvalue weighted by molar-refractivity contribution is -0.922. The average molecular weight is 723 g/mol. The van der Waals surface area contributed by atoms with Gasteiger partial charge in [-0.1, -0.05) is 117 Å². The second kappa shape index (κ2) is 12.8. The summed E-state index contributed by atoms with van der Waals surface area (Å²) in [5.41, 5.74) is 15.0. The van der Waals surface area contributed by atoms with E-state index in [0.29, 0.717) is 0 Å². The van der Waals surface area contributed by atoms with Gasteiger partial charge in [0.25, 0.3) is 0 Å². The molecule has 0 radical (unpaired) electrons. The third-order valence-electron chi connectivity index (χ3n) is 11.7. The number of hydrogen-bond donors (Lipinski definition) is 0. The number of benzene rings is 4. The highest BCUT2D eigenvalue weighted by Crippen LogP contribution is 2.57. The van der Waals surface area contributed by atoms with Gasteiger partial charge in [-0.2, -0.15) is 0 Å². The van der Waals surface area contributed by atoms with Crippen LogP contribution in [0.3, 0.4) is 0 Å². The molecule has 0 amide bonds. The van der Waals surface area contributed by atoms with Crippen molar-refractivity contribution in [3.05, 3.63) is 140 Å². The molecule has 3 nitrogen and oxygen atoms in total. The molecule has 3 fully saturated rings. The summed E-state index contributed by atoms with van der Waals surface area (Å²) in [4.78, 5) is 0. The van der Waals surface area contributed by atoms with Gasteiger partial charge in [-0.05, 0) is 91.5 Å². The standard InChI is InChI=1S/C45H56NO2.BrH/c1-29-15-30(2)20-37(19-29)44(38-21-31(3)16-32(4)22-38)27-46(13-11-12-14-46)28-45(39-23-33(5)17-34(6)24-39,40-25-35(7)18-36(8)26-40)42-41(44)47-43(9,10)48-42;/h15-26,41-42H,11-14,27-28H2,1-10H3;1H/q+1;/p-1/t41-,42-;/m1./s1. The molecule has 0 aliphatic carbocycles. The molecule has 260 valence electrons. The highest BCUT2D eigenvalue weighted by molar-refractivity contribution is 5.53. The summed E-state index contributed by atoms with van der Waals surface area (Å²) in [5.74, 6) is -0.755. The zero-order valence-corrected chi connectivity index (χ0v) is 33.1. The number of nitrogens with zero attached hydrogens (tertiary/aromatic N) is 1. The third kappa shape index (κ3) is 6.26. The molecule has 0 bridgehead atoms. The third-order valence-corrected chi connectivity index (χ3v) is 11.7. The van der Waals surface area contributed by atoms with E-state index in [1.165, 1.54) is 79.6 Å². The van der Waals surface area contributed by atoms with Crippen LogP contribution < -0.4 is 17.0 Å². The van der Waals surface area contributed by atoms with Crippen LogP contribution in [-0.2, 0) is 20.3 Å². The molecule has 0 N–H and O–H groups in total. The minimum Gasteiger partial charge on any atom is -1.00 e. The number of rotatable bonds is 4. The summed E-state index contributed by atoms with van der Waals surface area (Å²) in [5, 5.41) is 0. The molecule has 4 aromatic rings. The Morgan fingerprint density at radius 2 is 0.694 bits per heavy atom. The molecular formula is C45H56BrNO2. The molecule has 1 spiro atoms. The first-order valence-corrected chi connectivity index (χ1v) is 18.2. The highest BCUT2D eigenvalue weighted by Gasteiger charge is 2.68. The topological polar surface area (TPSA) is 18.5 Å². The van der Waals surface area contributed by atoms with Gasteiger partial charge in [0.2, 0.25) is 0 Å². The van der Waals surface area contributed by atoms with E-state index in [1.807, 2.05) is 0 Å². The van der Waals surface area contributed by atoms with Gasteiger partial charge >= 0.3 is 0 Å². The normalized spacial score (nSPS) is 23.1. The molecule has 7 rings (SSSR count). The van der Waals surface area contributed by atoms with Crippen molar-refractivity contribution >= 4 is 0 Å². The molecule has 3 aliphatic heterocycles. The van der Waals surface area contributed by atoms with Crippen LogP contribution in [-0.4, -0.2) is 48.7 Å². The Balaban J connectivity index is 0.00000417. The van der Waals surface area contributed by atoms with E-state index >= 15 is 0 Å². The Morgan fingerprint density at radius 1 is 0.449 bits per heavy atom. The Labute approximate surface area is 306 Å².